The highest BCUT2D eigenvalue weighted by atomic mass is 35.5. The van der Waals surface area contributed by atoms with Gasteiger partial charge in [0.2, 0.25) is 0 Å². The van der Waals surface area contributed by atoms with Gasteiger partial charge in [0, 0.05) is 24.4 Å². The molecule has 0 bridgehead atoms. The fourth-order valence-corrected chi connectivity index (χ4v) is 3.34. The molecular weight excluding hydrogens is 424 g/mol. The molecule has 6 nitrogen and oxygen atoms in total. The van der Waals surface area contributed by atoms with Crippen LogP contribution in [0, 0.1) is 11.6 Å². The van der Waals surface area contributed by atoms with Crippen molar-refractivity contribution in [1.82, 2.24) is 19.7 Å². The number of aromatic nitrogens is 4. The summed E-state index contributed by atoms with van der Waals surface area (Å²) >= 11 is 0. The average molecular weight is 446 g/mol. The van der Waals surface area contributed by atoms with Crippen LogP contribution >= 0.6 is 0 Å². The molecule has 0 spiro atoms. The summed E-state index contributed by atoms with van der Waals surface area (Å²) in [5, 5.41) is 7.77. The Morgan fingerprint density at radius 3 is 2.48 bits per heavy atom. The molecule has 1 N–H and O–H groups in total. The van der Waals surface area contributed by atoms with Gasteiger partial charge in [0.05, 0.1) is 12.8 Å². The second-order valence-corrected chi connectivity index (χ2v) is 6.89. The van der Waals surface area contributed by atoms with Gasteiger partial charge in [0.15, 0.2) is 23.2 Å². The zero-order valence-corrected chi connectivity index (χ0v) is 18.0. The molecular formula is C22H22ClF2N5O. The normalized spacial score (nSPS) is 10.7. The van der Waals surface area contributed by atoms with E-state index < -0.39 is 5.82 Å². The lowest BCUT2D eigenvalue weighted by atomic mass is 10.2. The second-order valence-electron chi connectivity index (χ2n) is 6.89. The van der Waals surface area contributed by atoms with Crippen molar-refractivity contribution in [2.75, 3.05) is 12.4 Å². The lowest BCUT2D eigenvalue weighted by Gasteiger charge is -2.11. The monoisotopic (exact) mass is 445 g/mol. The zero-order chi connectivity index (χ0) is 21.3. The number of benzene rings is 2. The second kappa shape index (κ2) is 9.26. The minimum absolute atomic E-state index is 0. The molecule has 0 amide bonds. The van der Waals surface area contributed by atoms with Gasteiger partial charge >= 0.3 is 1.43 Å². The number of ether oxygens (including phenoxy) is 1. The van der Waals surface area contributed by atoms with Crippen molar-refractivity contribution in [1.29, 1.82) is 0 Å². The molecule has 9 heteroatoms. The Kier molecular flexibility index (Phi) is 6.70. The fraction of sp³-hybridized carbons (Fsp3) is 0.227. The van der Waals surface area contributed by atoms with Crippen molar-refractivity contribution in [2.24, 2.45) is 7.05 Å². The first-order valence-electron chi connectivity index (χ1n) is 9.60. The first-order valence-corrected chi connectivity index (χ1v) is 9.60. The summed E-state index contributed by atoms with van der Waals surface area (Å²) in [6.07, 6.45) is 1.67. The first-order chi connectivity index (χ1) is 14.5. The molecule has 2 aromatic carbocycles. The maximum Gasteiger partial charge on any atom is 1.00 e. The van der Waals surface area contributed by atoms with E-state index in [0.29, 0.717) is 33.9 Å². The van der Waals surface area contributed by atoms with Crippen molar-refractivity contribution in [3.05, 3.63) is 59.8 Å². The third-order valence-corrected chi connectivity index (χ3v) is 4.76. The molecule has 0 aliphatic rings. The van der Waals surface area contributed by atoms with E-state index in [0.717, 1.165) is 18.5 Å². The van der Waals surface area contributed by atoms with Gasteiger partial charge in [-0.2, -0.15) is 5.10 Å². The van der Waals surface area contributed by atoms with Gasteiger partial charge in [-0.15, -0.1) is 0 Å². The summed E-state index contributed by atoms with van der Waals surface area (Å²) < 4.78 is 34.3. The van der Waals surface area contributed by atoms with Gasteiger partial charge in [-0.1, -0.05) is 13.3 Å². The lowest BCUT2D eigenvalue weighted by Crippen LogP contribution is -3.00. The minimum atomic E-state index is -0.483. The third kappa shape index (κ3) is 4.44. The SMILES string of the molecule is CCCc1nn(C)c2c(Nc3ccc(OC)c(F)c3)nc(-c3ccc(F)cc3)nc12.[Cl-].[H+]. The summed E-state index contributed by atoms with van der Waals surface area (Å²) in [5.41, 5.74) is 3.46. The van der Waals surface area contributed by atoms with Crippen molar-refractivity contribution < 1.29 is 27.4 Å². The number of fused-ring (bicyclic) bond motifs is 1. The zero-order valence-electron chi connectivity index (χ0n) is 18.3. The highest BCUT2D eigenvalue weighted by Crippen LogP contribution is 2.30. The highest BCUT2D eigenvalue weighted by Gasteiger charge is 2.18. The van der Waals surface area contributed by atoms with E-state index in [1.807, 2.05) is 7.05 Å². The molecule has 0 aliphatic heterocycles. The Bertz CT molecular complexity index is 1220. The number of aryl methyl sites for hydroxylation is 2. The Balaban J connectivity index is 0.00000181. The minimum Gasteiger partial charge on any atom is -1.00 e. The average Bonchev–Trinajstić information content (AvgIpc) is 3.04. The standard InChI is InChI=1S/C22H21F2N5O.ClH/c1-4-5-17-19-20(29(2)28-17)22(25-15-10-11-18(30-3)16(24)12-15)27-21(26-19)13-6-8-14(23)9-7-13;/h6-12H,4-5H2,1-3H3,(H,25,26,27);1H. The number of methoxy groups -OCH3 is 1. The van der Waals surface area contributed by atoms with E-state index in [9.17, 15) is 8.78 Å². The summed E-state index contributed by atoms with van der Waals surface area (Å²) in [7, 11) is 3.24. The van der Waals surface area contributed by atoms with Crippen LogP contribution in [0.15, 0.2) is 42.5 Å². The van der Waals surface area contributed by atoms with Crippen LogP contribution in [0.2, 0.25) is 0 Å². The van der Waals surface area contributed by atoms with Crippen LogP contribution in [0.1, 0.15) is 20.5 Å². The van der Waals surface area contributed by atoms with E-state index >= 15 is 0 Å². The number of hydrogen-bond donors (Lipinski definition) is 1. The van der Waals surface area contributed by atoms with Crippen LogP contribution in [-0.2, 0) is 13.5 Å². The van der Waals surface area contributed by atoms with Crippen LogP contribution < -0.4 is 22.5 Å². The van der Waals surface area contributed by atoms with Crippen LogP contribution in [0.4, 0.5) is 20.3 Å². The van der Waals surface area contributed by atoms with E-state index in [2.05, 4.69) is 22.3 Å². The third-order valence-electron chi connectivity index (χ3n) is 4.76. The predicted molar refractivity (Wildman–Crippen MR) is 113 cm³/mol. The van der Waals surface area contributed by atoms with Crippen molar-refractivity contribution >= 4 is 22.5 Å². The summed E-state index contributed by atoms with van der Waals surface area (Å²) in [6, 6.07) is 10.6. The maximum atomic E-state index is 14.2. The molecule has 162 valence electrons. The van der Waals surface area contributed by atoms with Gasteiger partial charge < -0.3 is 22.5 Å². The molecule has 0 unspecified atom stereocenters. The Morgan fingerprint density at radius 1 is 1.10 bits per heavy atom. The predicted octanol–water partition coefficient (Wildman–Crippen LogP) is 2.13. The molecule has 0 radical (unpaired) electrons. The molecule has 4 aromatic rings. The first kappa shape index (κ1) is 22.4. The fourth-order valence-electron chi connectivity index (χ4n) is 3.34. The van der Waals surface area contributed by atoms with Crippen LogP contribution in [0.3, 0.4) is 0 Å². The van der Waals surface area contributed by atoms with E-state index in [1.165, 1.54) is 25.3 Å². The quantitative estimate of drug-likeness (QED) is 0.492. The molecule has 0 saturated heterocycles. The Labute approximate surface area is 186 Å². The Morgan fingerprint density at radius 2 is 1.84 bits per heavy atom. The number of nitrogens with one attached hydrogen (secondary N) is 1. The molecule has 0 fully saturated rings. The lowest BCUT2D eigenvalue weighted by molar-refractivity contribution is -0.00000777. The number of nitrogens with zero attached hydrogens (tertiary/aromatic N) is 4. The van der Waals surface area contributed by atoms with Crippen LogP contribution in [0.25, 0.3) is 22.4 Å². The number of halogens is 3. The summed E-state index contributed by atoms with van der Waals surface area (Å²) in [5.74, 6) is 0.264. The van der Waals surface area contributed by atoms with Gasteiger partial charge in [0.25, 0.3) is 0 Å². The molecule has 31 heavy (non-hydrogen) atoms. The van der Waals surface area contributed by atoms with Crippen molar-refractivity contribution in [3.63, 3.8) is 0 Å². The topological polar surface area (TPSA) is 64.9 Å². The molecule has 4 rings (SSSR count). The van der Waals surface area contributed by atoms with Crippen molar-refractivity contribution in [3.8, 4) is 17.1 Å². The molecule has 0 saturated carbocycles. The van der Waals surface area contributed by atoms with Crippen LogP contribution in [0.5, 0.6) is 5.75 Å². The molecule has 2 aromatic heterocycles. The smallest absolute Gasteiger partial charge is 1.00 e. The molecule has 0 atom stereocenters. The van der Waals surface area contributed by atoms with Gasteiger partial charge in [0.1, 0.15) is 16.9 Å². The largest absolute Gasteiger partial charge is 1.00 e. The Hall–Kier alpha value is -3.26. The van der Waals surface area contributed by atoms with Crippen molar-refractivity contribution in [2.45, 2.75) is 19.8 Å². The maximum absolute atomic E-state index is 14.2. The van der Waals surface area contributed by atoms with E-state index in [1.54, 1.807) is 28.9 Å². The molecule has 2 heterocycles. The molecule has 0 aliphatic carbocycles. The van der Waals surface area contributed by atoms with Crippen LogP contribution in [-0.4, -0.2) is 26.9 Å². The van der Waals surface area contributed by atoms with E-state index in [4.69, 9.17) is 9.72 Å². The van der Waals surface area contributed by atoms with Gasteiger partial charge in [-0.3, -0.25) is 4.68 Å². The summed E-state index contributed by atoms with van der Waals surface area (Å²) in [4.78, 5) is 9.35. The number of hydrogen-bond acceptors (Lipinski definition) is 5. The number of rotatable bonds is 6. The van der Waals surface area contributed by atoms with Gasteiger partial charge in [-0.05, 0) is 42.8 Å². The number of anilines is 2. The highest BCUT2D eigenvalue weighted by molar-refractivity contribution is 5.91. The van der Waals surface area contributed by atoms with E-state index in [-0.39, 0.29) is 25.4 Å². The van der Waals surface area contributed by atoms with Gasteiger partial charge in [-0.25, -0.2) is 18.7 Å². The summed E-state index contributed by atoms with van der Waals surface area (Å²) in [6.45, 7) is 2.07.